The number of hydrogen-bond donors (Lipinski definition) is 2. The van der Waals surface area contributed by atoms with E-state index in [1.807, 2.05) is 6.07 Å². The van der Waals surface area contributed by atoms with Crippen molar-refractivity contribution in [1.82, 2.24) is 0 Å². The molecule has 0 spiro atoms. The number of phenols is 2. The molecule has 19 heavy (non-hydrogen) atoms. The number of fused-ring (bicyclic) bond motifs is 1. The van der Waals surface area contributed by atoms with Crippen molar-refractivity contribution >= 4 is 0 Å². The predicted octanol–water partition coefficient (Wildman–Crippen LogP) is 2.23. The molecule has 1 aliphatic rings. The minimum Gasteiger partial charge on any atom is -0.508 e. The molecule has 3 rings (SSSR count). The first-order valence-electron chi connectivity index (χ1n) is 5.65. The summed E-state index contributed by atoms with van der Waals surface area (Å²) >= 11 is 0. The van der Waals surface area contributed by atoms with Gasteiger partial charge in [-0.25, -0.2) is 0 Å². The summed E-state index contributed by atoms with van der Waals surface area (Å²) in [5, 5.41) is 18.7. The van der Waals surface area contributed by atoms with Crippen molar-refractivity contribution in [2.75, 3.05) is 6.79 Å². The van der Waals surface area contributed by atoms with E-state index < -0.39 is 0 Å². The van der Waals surface area contributed by atoms with Crippen molar-refractivity contribution in [3.63, 3.8) is 0 Å². The Morgan fingerprint density at radius 2 is 1.47 bits per heavy atom. The third-order valence-corrected chi connectivity index (χ3v) is 2.63. The van der Waals surface area contributed by atoms with E-state index in [0.717, 1.165) is 5.56 Å². The first-order valence-corrected chi connectivity index (χ1v) is 5.65. The lowest BCUT2D eigenvalue weighted by molar-refractivity contribution is 0.174. The molecule has 2 aromatic rings. The summed E-state index contributed by atoms with van der Waals surface area (Å²) in [7, 11) is 0. The van der Waals surface area contributed by atoms with E-state index in [4.69, 9.17) is 9.47 Å². The third kappa shape index (κ3) is 2.40. The van der Waals surface area contributed by atoms with Crippen LogP contribution in [0.4, 0.5) is 0 Å². The van der Waals surface area contributed by atoms with E-state index in [0.29, 0.717) is 17.1 Å². The summed E-state index contributed by atoms with van der Waals surface area (Å²) in [5.74, 6) is 7.15. The molecular weight excluding hydrogens is 244 g/mol. The highest BCUT2D eigenvalue weighted by Crippen LogP contribution is 2.32. The highest BCUT2D eigenvalue weighted by atomic mass is 16.7. The number of benzene rings is 2. The van der Waals surface area contributed by atoms with Crippen LogP contribution >= 0.6 is 0 Å². The topological polar surface area (TPSA) is 58.9 Å². The van der Waals surface area contributed by atoms with Crippen molar-refractivity contribution < 1.29 is 19.7 Å². The fourth-order valence-corrected chi connectivity index (χ4v) is 1.79. The van der Waals surface area contributed by atoms with E-state index in [-0.39, 0.29) is 18.3 Å². The molecule has 0 aliphatic carbocycles. The van der Waals surface area contributed by atoms with Gasteiger partial charge in [0, 0.05) is 17.2 Å². The smallest absolute Gasteiger partial charge is 0.231 e. The molecule has 0 bridgehead atoms. The summed E-state index contributed by atoms with van der Waals surface area (Å²) in [4.78, 5) is 0. The summed E-state index contributed by atoms with van der Waals surface area (Å²) in [6, 6.07) is 9.64. The van der Waals surface area contributed by atoms with Crippen LogP contribution in [0.1, 0.15) is 11.1 Å². The lowest BCUT2D eigenvalue weighted by atomic mass is 10.1. The second kappa shape index (κ2) is 4.46. The molecule has 0 atom stereocenters. The second-order valence-electron chi connectivity index (χ2n) is 4.06. The molecular formula is C15H10O4. The Morgan fingerprint density at radius 3 is 2.26 bits per heavy atom. The Labute approximate surface area is 109 Å². The summed E-state index contributed by atoms with van der Waals surface area (Å²) in [5.41, 5.74) is 1.31. The first-order chi connectivity index (χ1) is 9.20. The molecule has 94 valence electrons. The lowest BCUT2D eigenvalue weighted by Crippen LogP contribution is -1.92. The predicted molar refractivity (Wildman–Crippen MR) is 68.3 cm³/mol. The molecule has 0 saturated carbocycles. The van der Waals surface area contributed by atoms with Gasteiger partial charge in [0.2, 0.25) is 6.79 Å². The molecule has 2 aromatic carbocycles. The van der Waals surface area contributed by atoms with Gasteiger partial charge in [-0.1, -0.05) is 11.8 Å². The van der Waals surface area contributed by atoms with Crippen LogP contribution in [0.2, 0.25) is 0 Å². The Morgan fingerprint density at radius 1 is 0.789 bits per heavy atom. The van der Waals surface area contributed by atoms with Crippen LogP contribution in [-0.2, 0) is 0 Å². The fraction of sp³-hybridized carbons (Fsp3) is 0.0667. The Kier molecular flexibility index (Phi) is 2.66. The maximum atomic E-state index is 9.35. The van der Waals surface area contributed by atoms with Crippen LogP contribution in [0.3, 0.4) is 0 Å². The highest BCUT2D eigenvalue weighted by Gasteiger charge is 2.12. The van der Waals surface area contributed by atoms with Gasteiger partial charge in [0.15, 0.2) is 11.5 Å². The SMILES string of the molecule is Oc1cc(O)cc(C#Cc2ccc3c(c2)OCO3)c1. The number of ether oxygens (including phenoxy) is 2. The molecule has 0 saturated heterocycles. The van der Waals surface area contributed by atoms with E-state index in [1.165, 1.54) is 18.2 Å². The average Bonchev–Trinajstić information content (AvgIpc) is 2.82. The zero-order chi connectivity index (χ0) is 13.2. The normalized spacial score (nSPS) is 11.8. The zero-order valence-corrected chi connectivity index (χ0v) is 9.88. The molecule has 0 unspecified atom stereocenters. The maximum absolute atomic E-state index is 9.35. The maximum Gasteiger partial charge on any atom is 0.231 e. The van der Waals surface area contributed by atoms with E-state index >= 15 is 0 Å². The number of aromatic hydroxyl groups is 2. The van der Waals surface area contributed by atoms with Gasteiger partial charge in [-0.05, 0) is 30.3 Å². The van der Waals surface area contributed by atoms with Gasteiger partial charge in [-0.15, -0.1) is 0 Å². The van der Waals surface area contributed by atoms with Gasteiger partial charge < -0.3 is 19.7 Å². The molecule has 0 radical (unpaired) electrons. The van der Waals surface area contributed by atoms with Crippen molar-refractivity contribution in [2.24, 2.45) is 0 Å². The zero-order valence-electron chi connectivity index (χ0n) is 9.88. The van der Waals surface area contributed by atoms with Crippen LogP contribution in [0.5, 0.6) is 23.0 Å². The minimum absolute atomic E-state index is 0.0185. The van der Waals surface area contributed by atoms with Gasteiger partial charge in [0.25, 0.3) is 0 Å². The highest BCUT2D eigenvalue weighted by molar-refractivity contribution is 5.52. The third-order valence-electron chi connectivity index (χ3n) is 2.63. The van der Waals surface area contributed by atoms with Crippen LogP contribution in [0.25, 0.3) is 0 Å². The number of phenolic OH excluding ortho intramolecular Hbond substituents is 2. The van der Waals surface area contributed by atoms with E-state index in [1.54, 1.807) is 12.1 Å². The molecule has 0 aromatic heterocycles. The standard InChI is InChI=1S/C15H10O4/c16-12-5-11(6-13(17)8-12)2-1-10-3-4-14-15(7-10)19-9-18-14/h3-8,16-17H,9H2. The molecule has 1 aliphatic heterocycles. The Bertz CT molecular complexity index is 675. The first kappa shape index (κ1) is 11.3. The van der Waals surface area contributed by atoms with Gasteiger partial charge in [0.05, 0.1) is 0 Å². The van der Waals surface area contributed by atoms with Crippen LogP contribution in [0.15, 0.2) is 36.4 Å². The fourth-order valence-electron chi connectivity index (χ4n) is 1.79. The molecule has 0 fully saturated rings. The number of rotatable bonds is 0. The summed E-state index contributed by atoms with van der Waals surface area (Å²) in [6.45, 7) is 0.229. The molecule has 0 amide bonds. The number of hydrogen-bond acceptors (Lipinski definition) is 4. The van der Waals surface area contributed by atoms with Crippen LogP contribution < -0.4 is 9.47 Å². The molecule has 4 heteroatoms. The summed E-state index contributed by atoms with van der Waals surface area (Å²) < 4.78 is 10.5. The average molecular weight is 254 g/mol. The molecule has 4 nitrogen and oxygen atoms in total. The van der Waals surface area contributed by atoms with Crippen LogP contribution in [0, 0.1) is 11.8 Å². The van der Waals surface area contributed by atoms with Gasteiger partial charge >= 0.3 is 0 Å². The minimum atomic E-state index is -0.0185. The summed E-state index contributed by atoms with van der Waals surface area (Å²) in [6.07, 6.45) is 0. The van der Waals surface area contributed by atoms with Crippen molar-refractivity contribution in [2.45, 2.75) is 0 Å². The Balaban J connectivity index is 1.91. The second-order valence-corrected chi connectivity index (χ2v) is 4.06. The van der Waals surface area contributed by atoms with E-state index in [2.05, 4.69) is 11.8 Å². The van der Waals surface area contributed by atoms with Gasteiger partial charge in [-0.3, -0.25) is 0 Å². The van der Waals surface area contributed by atoms with Crippen LogP contribution in [-0.4, -0.2) is 17.0 Å². The van der Waals surface area contributed by atoms with Crippen molar-refractivity contribution in [3.05, 3.63) is 47.5 Å². The van der Waals surface area contributed by atoms with Gasteiger partial charge in [0.1, 0.15) is 11.5 Å². The van der Waals surface area contributed by atoms with Crippen molar-refractivity contribution in [1.29, 1.82) is 0 Å². The lowest BCUT2D eigenvalue weighted by Gasteiger charge is -1.97. The molecule has 2 N–H and O–H groups in total. The van der Waals surface area contributed by atoms with Crippen molar-refractivity contribution in [3.8, 4) is 34.8 Å². The monoisotopic (exact) mass is 254 g/mol. The largest absolute Gasteiger partial charge is 0.508 e. The quantitative estimate of drug-likeness (QED) is 0.708. The Hall–Kier alpha value is -2.80. The van der Waals surface area contributed by atoms with E-state index in [9.17, 15) is 10.2 Å². The van der Waals surface area contributed by atoms with Gasteiger partial charge in [-0.2, -0.15) is 0 Å². The molecule has 1 heterocycles.